The third-order valence-corrected chi connectivity index (χ3v) is 7.89. The lowest BCUT2D eigenvalue weighted by Crippen LogP contribution is -2.44. The van der Waals surface area contributed by atoms with Gasteiger partial charge in [0.1, 0.15) is 5.75 Å². The maximum atomic E-state index is 9.72. The van der Waals surface area contributed by atoms with Gasteiger partial charge in [0.05, 0.1) is 22.2 Å². The van der Waals surface area contributed by atoms with Gasteiger partial charge in [-0.1, -0.05) is 45.0 Å². The molecule has 1 aliphatic rings. The van der Waals surface area contributed by atoms with E-state index < -0.39 is 18.3 Å². The summed E-state index contributed by atoms with van der Waals surface area (Å²) in [7, 11) is -0.416. The molecule has 1 saturated heterocycles. The predicted octanol–water partition coefficient (Wildman–Crippen LogP) is 6.48. The van der Waals surface area contributed by atoms with Crippen molar-refractivity contribution in [1.82, 2.24) is 9.97 Å². The van der Waals surface area contributed by atoms with Crippen molar-refractivity contribution in [2.24, 2.45) is 0 Å². The highest BCUT2D eigenvalue weighted by Crippen LogP contribution is 2.42. The van der Waals surface area contributed by atoms with Gasteiger partial charge in [-0.2, -0.15) is 0 Å². The fourth-order valence-corrected chi connectivity index (χ4v) is 4.96. The molecule has 3 heterocycles. The third-order valence-electron chi connectivity index (χ3n) is 7.89. The SMILES string of the molecule is CC(C)c1ccc2cc(B3OC(C)(C)C(C)(CC[C@@H](C)c4ccc5cc(O)ccc5n4)O3)ccc2n1. The van der Waals surface area contributed by atoms with Gasteiger partial charge < -0.3 is 14.4 Å². The first-order chi connectivity index (χ1) is 17.0. The molecular formula is C30H35BN2O3. The van der Waals surface area contributed by atoms with Crippen LogP contribution in [0.3, 0.4) is 0 Å². The van der Waals surface area contributed by atoms with Gasteiger partial charge in [-0.05, 0) is 92.7 Å². The van der Waals surface area contributed by atoms with Crippen LogP contribution in [-0.4, -0.2) is 33.4 Å². The van der Waals surface area contributed by atoms with Crippen LogP contribution in [0.1, 0.15) is 77.6 Å². The Morgan fingerprint density at radius 3 is 2.17 bits per heavy atom. The van der Waals surface area contributed by atoms with Gasteiger partial charge in [-0.3, -0.25) is 9.97 Å². The van der Waals surface area contributed by atoms with Crippen LogP contribution in [0, 0.1) is 0 Å². The van der Waals surface area contributed by atoms with Crippen molar-refractivity contribution in [2.75, 3.05) is 0 Å². The maximum Gasteiger partial charge on any atom is 0.494 e. The van der Waals surface area contributed by atoms with E-state index in [0.29, 0.717) is 5.92 Å². The lowest BCUT2D eigenvalue weighted by Gasteiger charge is -2.37. The predicted molar refractivity (Wildman–Crippen MR) is 147 cm³/mol. The van der Waals surface area contributed by atoms with E-state index in [1.807, 2.05) is 12.1 Å². The van der Waals surface area contributed by atoms with Crippen LogP contribution in [0.25, 0.3) is 21.8 Å². The van der Waals surface area contributed by atoms with Crippen molar-refractivity contribution in [2.45, 2.75) is 77.4 Å². The zero-order valence-electron chi connectivity index (χ0n) is 22.1. The second-order valence-corrected chi connectivity index (χ2v) is 11.2. The molecule has 0 aliphatic carbocycles. The second kappa shape index (κ2) is 9.17. The van der Waals surface area contributed by atoms with Gasteiger partial charge in [0.15, 0.2) is 0 Å². The molecule has 2 aromatic carbocycles. The second-order valence-electron chi connectivity index (χ2n) is 11.2. The van der Waals surface area contributed by atoms with Crippen LogP contribution >= 0.6 is 0 Å². The Labute approximate surface area is 214 Å². The van der Waals surface area contributed by atoms with E-state index in [4.69, 9.17) is 19.3 Å². The molecule has 4 aromatic rings. The van der Waals surface area contributed by atoms with E-state index in [-0.39, 0.29) is 11.7 Å². The molecular weight excluding hydrogens is 447 g/mol. The summed E-state index contributed by atoms with van der Waals surface area (Å²) in [5.41, 5.74) is 4.18. The zero-order valence-corrected chi connectivity index (χ0v) is 22.1. The molecule has 0 spiro atoms. The fraction of sp³-hybridized carbons (Fsp3) is 0.400. The average Bonchev–Trinajstić information content (AvgIpc) is 3.10. The van der Waals surface area contributed by atoms with Gasteiger partial charge in [-0.15, -0.1) is 0 Å². The minimum Gasteiger partial charge on any atom is -0.508 e. The summed E-state index contributed by atoms with van der Waals surface area (Å²) < 4.78 is 13.1. The summed E-state index contributed by atoms with van der Waals surface area (Å²) in [5.74, 6) is 0.925. The number of rotatable bonds is 6. The number of aromatic nitrogens is 2. The van der Waals surface area contributed by atoms with Crippen LogP contribution in [0.2, 0.25) is 0 Å². The molecule has 0 amide bonds. The van der Waals surface area contributed by atoms with Crippen LogP contribution in [0.4, 0.5) is 0 Å². The normalized spacial score (nSPS) is 20.5. The van der Waals surface area contributed by atoms with Gasteiger partial charge in [-0.25, -0.2) is 0 Å². The number of aromatic hydroxyl groups is 1. The summed E-state index contributed by atoms with van der Waals surface area (Å²) in [5, 5.41) is 11.8. The van der Waals surface area contributed by atoms with Gasteiger partial charge in [0.2, 0.25) is 0 Å². The van der Waals surface area contributed by atoms with Crippen molar-refractivity contribution in [1.29, 1.82) is 0 Å². The van der Waals surface area contributed by atoms with E-state index in [1.165, 1.54) is 0 Å². The summed E-state index contributed by atoms with van der Waals surface area (Å²) >= 11 is 0. The topological polar surface area (TPSA) is 64.5 Å². The van der Waals surface area contributed by atoms with Crippen LogP contribution < -0.4 is 5.46 Å². The quantitative estimate of drug-likeness (QED) is 0.319. The lowest BCUT2D eigenvalue weighted by molar-refractivity contribution is -0.0178. The molecule has 5 rings (SSSR count). The third kappa shape index (κ3) is 4.60. The van der Waals surface area contributed by atoms with Crippen molar-refractivity contribution >= 4 is 34.4 Å². The molecule has 1 aliphatic heterocycles. The summed E-state index contributed by atoms with van der Waals surface area (Å²) in [4.78, 5) is 9.64. The van der Waals surface area contributed by atoms with Crippen LogP contribution in [0.5, 0.6) is 5.75 Å². The van der Waals surface area contributed by atoms with Gasteiger partial charge in [0.25, 0.3) is 0 Å². The molecule has 5 nitrogen and oxygen atoms in total. The van der Waals surface area contributed by atoms with E-state index in [1.54, 1.807) is 12.1 Å². The van der Waals surface area contributed by atoms with E-state index in [9.17, 15) is 5.11 Å². The minimum absolute atomic E-state index is 0.260. The largest absolute Gasteiger partial charge is 0.508 e. The molecule has 186 valence electrons. The molecule has 36 heavy (non-hydrogen) atoms. The molecule has 2 aromatic heterocycles. The van der Waals surface area contributed by atoms with Gasteiger partial charge >= 0.3 is 7.12 Å². The molecule has 1 fully saturated rings. The highest BCUT2D eigenvalue weighted by atomic mass is 16.7. The molecule has 1 N–H and O–H groups in total. The number of benzene rings is 2. The first-order valence-electron chi connectivity index (χ1n) is 12.9. The number of phenolic OH excluding ortho intramolecular Hbond substituents is 1. The van der Waals surface area contributed by atoms with E-state index in [0.717, 1.165) is 51.5 Å². The van der Waals surface area contributed by atoms with Crippen LogP contribution in [0.15, 0.2) is 60.7 Å². The van der Waals surface area contributed by atoms with Gasteiger partial charge in [0, 0.05) is 16.8 Å². The van der Waals surface area contributed by atoms with Crippen molar-refractivity contribution in [3.05, 3.63) is 72.1 Å². The first-order valence-corrected chi connectivity index (χ1v) is 12.9. The Kier molecular flexibility index (Phi) is 6.30. The molecule has 6 heteroatoms. The molecule has 1 unspecified atom stereocenters. The molecule has 0 saturated carbocycles. The number of hydrogen-bond acceptors (Lipinski definition) is 5. The lowest BCUT2D eigenvalue weighted by atomic mass is 9.78. The van der Waals surface area contributed by atoms with E-state index >= 15 is 0 Å². The monoisotopic (exact) mass is 482 g/mol. The zero-order chi connectivity index (χ0) is 25.7. The summed E-state index contributed by atoms with van der Waals surface area (Å²) in [6.45, 7) is 12.9. The van der Waals surface area contributed by atoms with Crippen molar-refractivity contribution in [3.8, 4) is 5.75 Å². The Morgan fingerprint density at radius 2 is 1.44 bits per heavy atom. The highest BCUT2D eigenvalue weighted by molar-refractivity contribution is 6.62. The average molecular weight is 482 g/mol. The number of fused-ring (bicyclic) bond motifs is 2. The smallest absolute Gasteiger partial charge is 0.494 e. The van der Waals surface area contributed by atoms with Crippen molar-refractivity contribution < 1.29 is 14.4 Å². The van der Waals surface area contributed by atoms with Crippen molar-refractivity contribution in [3.63, 3.8) is 0 Å². The number of pyridine rings is 2. The summed E-state index contributed by atoms with van der Waals surface area (Å²) in [6, 6.07) is 19.9. The fourth-order valence-electron chi connectivity index (χ4n) is 4.96. The molecule has 0 radical (unpaired) electrons. The number of nitrogens with zero attached hydrogens (tertiary/aromatic N) is 2. The Balaban J connectivity index is 1.31. The van der Waals surface area contributed by atoms with Crippen LogP contribution in [-0.2, 0) is 9.31 Å². The Morgan fingerprint density at radius 1 is 0.806 bits per heavy atom. The number of hydrogen-bond donors (Lipinski definition) is 1. The highest BCUT2D eigenvalue weighted by Gasteiger charge is 2.54. The standard InChI is InChI=1S/C30H35BN2O3/c1-19(2)25-11-7-21-17-23(9-13-27(21)32-25)31-35-29(4,5)30(6,36-31)16-15-20(3)26-12-8-22-18-24(34)10-14-28(22)33-26/h7-14,17-20,34H,15-16H2,1-6H3/t20-,30?/m1/s1. The van der Waals surface area contributed by atoms with E-state index in [2.05, 4.69) is 77.9 Å². The maximum absolute atomic E-state index is 9.72. The Hall–Kier alpha value is -2.96. The summed E-state index contributed by atoms with van der Waals surface area (Å²) in [6.07, 6.45) is 1.77. The Bertz CT molecular complexity index is 1420. The molecule has 2 atom stereocenters. The minimum atomic E-state index is -0.444. The number of phenols is 1. The molecule has 0 bridgehead atoms. The first kappa shape index (κ1) is 24.7.